The summed E-state index contributed by atoms with van der Waals surface area (Å²) in [5.41, 5.74) is 1.04. The Morgan fingerprint density at radius 3 is 2.35 bits per heavy atom. The normalized spacial score (nSPS) is 12.9. The van der Waals surface area contributed by atoms with Crippen LogP contribution in [0.1, 0.15) is 26.3 Å². The van der Waals surface area contributed by atoms with Gasteiger partial charge in [-0.05, 0) is 60.4 Å². The zero-order valence-electron chi connectivity index (χ0n) is 12.3. The quantitative estimate of drug-likeness (QED) is 0.693. The summed E-state index contributed by atoms with van der Waals surface area (Å²) in [7, 11) is 0. The predicted molar refractivity (Wildman–Crippen MR) is 82.3 cm³/mol. The van der Waals surface area contributed by atoms with E-state index >= 15 is 0 Å². The van der Waals surface area contributed by atoms with Crippen molar-refractivity contribution in [2.45, 2.75) is 39.5 Å². The highest BCUT2D eigenvalue weighted by Gasteiger charge is 2.22. The summed E-state index contributed by atoms with van der Waals surface area (Å²) in [5.74, 6) is -0.250. The van der Waals surface area contributed by atoms with E-state index in [1.54, 1.807) is 12.1 Å². The van der Waals surface area contributed by atoms with Crippen LogP contribution in [-0.2, 0) is 15.9 Å². The molecule has 0 saturated heterocycles. The SMILES string of the molecule is CCNC(Cc1ccc(F)c(Br)c1)C(OCC)OCC. The molecule has 1 aromatic carbocycles. The van der Waals surface area contributed by atoms with Gasteiger partial charge < -0.3 is 14.8 Å². The molecule has 114 valence electrons. The molecule has 0 bridgehead atoms. The van der Waals surface area contributed by atoms with Crippen molar-refractivity contribution >= 4 is 15.9 Å². The molecule has 3 nitrogen and oxygen atoms in total. The van der Waals surface area contributed by atoms with Gasteiger partial charge in [-0.15, -0.1) is 0 Å². The molecule has 0 aliphatic rings. The summed E-state index contributed by atoms with van der Waals surface area (Å²) in [4.78, 5) is 0. The largest absolute Gasteiger partial charge is 0.351 e. The number of rotatable bonds is 9. The van der Waals surface area contributed by atoms with Crippen LogP contribution in [0, 0.1) is 5.82 Å². The fourth-order valence-corrected chi connectivity index (χ4v) is 2.48. The van der Waals surface area contributed by atoms with Crippen LogP contribution in [-0.4, -0.2) is 32.1 Å². The van der Waals surface area contributed by atoms with Crippen molar-refractivity contribution in [1.82, 2.24) is 5.32 Å². The lowest BCUT2D eigenvalue weighted by molar-refractivity contribution is -0.153. The zero-order valence-corrected chi connectivity index (χ0v) is 13.9. The highest BCUT2D eigenvalue weighted by Crippen LogP contribution is 2.19. The van der Waals surface area contributed by atoms with Gasteiger partial charge in [-0.1, -0.05) is 13.0 Å². The summed E-state index contributed by atoms with van der Waals surface area (Å²) in [5, 5.41) is 3.38. The molecular weight excluding hydrogens is 325 g/mol. The Morgan fingerprint density at radius 2 is 1.85 bits per heavy atom. The second kappa shape index (κ2) is 9.45. The van der Waals surface area contributed by atoms with E-state index in [2.05, 4.69) is 21.2 Å². The topological polar surface area (TPSA) is 30.5 Å². The average molecular weight is 348 g/mol. The zero-order chi connectivity index (χ0) is 15.0. The molecule has 0 saturated carbocycles. The second-order valence-electron chi connectivity index (χ2n) is 4.40. The maximum atomic E-state index is 13.3. The third-order valence-corrected chi connectivity index (χ3v) is 3.50. The minimum Gasteiger partial charge on any atom is -0.351 e. The molecule has 1 atom stereocenters. The molecule has 0 aromatic heterocycles. The molecule has 0 radical (unpaired) electrons. The number of halogens is 2. The van der Waals surface area contributed by atoms with Crippen LogP contribution in [0.4, 0.5) is 4.39 Å². The molecule has 1 unspecified atom stereocenters. The number of nitrogens with one attached hydrogen (secondary N) is 1. The molecule has 0 amide bonds. The van der Waals surface area contributed by atoms with Crippen LogP contribution in [0.15, 0.2) is 22.7 Å². The highest BCUT2D eigenvalue weighted by molar-refractivity contribution is 9.10. The summed E-state index contributed by atoms with van der Waals surface area (Å²) in [6.45, 7) is 7.96. The van der Waals surface area contributed by atoms with Gasteiger partial charge in [0.05, 0.1) is 10.5 Å². The van der Waals surface area contributed by atoms with E-state index in [4.69, 9.17) is 9.47 Å². The summed E-state index contributed by atoms with van der Waals surface area (Å²) in [6, 6.07) is 5.10. The number of hydrogen-bond donors (Lipinski definition) is 1. The molecular formula is C15H23BrFNO2. The highest BCUT2D eigenvalue weighted by atomic mass is 79.9. The number of hydrogen-bond acceptors (Lipinski definition) is 3. The molecule has 1 rings (SSSR count). The van der Waals surface area contributed by atoms with Crippen LogP contribution in [0.2, 0.25) is 0 Å². The van der Waals surface area contributed by atoms with Gasteiger partial charge in [0.15, 0.2) is 6.29 Å². The van der Waals surface area contributed by atoms with Gasteiger partial charge in [-0.3, -0.25) is 0 Å². The van der Waals surface area contributed by atoms with Crippen LogP contribution in [0.5, 0.6) is 0 Å². The lowest BCUT2D eigenvalue weighted by Gasteiger charge is -2.27. The Hall–Kier alpha value is -0.490. The molecule has 5 heteroatoms. The molecule has 0 spiro atoms. The molecule has 20 heavy (non-hydrogen) atoms. The second-order valence-corrected chi connectivity index (χ2v) is 5.25. The molecule has 1 N–H and O–H groups in total. The van der Waals surface area contributed by atoms with E-state index in [0.29, 0.717) is 17.7 Å². The van der Waals surface area contributed by atoms with E-state index in [1.807, 2.05) is 20.8 Å². The summed E-state index contributed by atoms with van der Waals surface area (Å²) in [6.07, 6.45) is 0.422. The monoisotopic (exact) mass is 347 g/mol. The van der Waals surface area contributed by atoms with Crippen molar-refractivity contribution in [3.8, 4) is 0 Å². The molecule has 0 aliphatic heterocycles. The first-order chi connectivity index (χ1) is 9.62. The van der Waals surface area contributed by atoms with E-state index in [0.717, 1.165) is 18.5 Å². The van der Waals surface area contributed by atoms with E-state index in [9.17, 15) is 4.39 Å². The summed E-state index contributed by atoms with van der Waals surface area (Å²) < 4.78 is 25.1. The van der Waals surface area contributed by atoms with Gasteiger partial charge in [0.2, 0.25) is 0 Å². The third-order valence-electron chi connectivity index (χ3n) is 2.90. The lowest BCUT2D eigenvalue weighted by atomic mass is 10.1. The van der Waals surface area contributed by atoms with Crippen molar-refractivity contribution in [2.24, 2.45) is 0 Å². The maximum Gasteiger partial charge on any atom is 0.172 e. The molecule has 0 fully saturated rings. The fourth-order valence-electron chi connectivity index (χ4n) is 2.06. The third kappa shape index (κ3) is 5.48. The lowest BCUT2D eigenvalue weighted by Crippen LogP contribution is -2.44. The molecule has 0 heterocycles. The van der Waals surface area contributed by atoms with E-state index < -0.39 is 0 Å². The Balaban J connectivity index is 2.80. The first-order valence-corrected chi connectivity index (χ1v) is 7.82. The van der Waals surface area contributed by atoms with E-state index in [-0.39, 0.29) is 18.1 Å². The Labute approximate surface area is 129 Å². The average Bonchev–Trinajstić information content (AvgIpc) is 2.42. The Morgan fingerprint density at radius 1 is 1.20 bits per heavy atom. The van der Waals surface area contributed by atoms with Crippen molar-refractivity contribution in [2.75, 3.05) is 19.8 Å². The first-order valence-electron chi connectivity index (χ1n) is 7.02. The van der Waals surface area contributed by atoms with Crippen molar-refractivity contribution in [3.63, 3.8) is 0 Å². The van der Waals surface area contributed by atoms with Crippen LogP contribution in [0.3, 0.4) is 0 Å². The van der Waals surface area contributed by atoms with Crippen molar-refractivity contribution in [1.29, 1.82) is 0 Å². The van der Waals surface area contributed by atoms with Gasteiger partial charge in [-0.2, -0.15) is 0 Å². The minimum atomic E-state index is -0.297. The minimum absolute atomic E-state index is 0.0391. The van der Waals surface area contributed by atoms with Gasteiger partial charge in [-0.25, -0.2) is 4.39 Å². The number of benzene rings is 1. The number of likely N-dealkylation sites (N-methyl/N-ethyl adjacent to an activating group) is 1. The van der Waals surface area contributed by atoms with Gasteiger partial charge in [0.25, 0.3) is 0 Å². The first kappa shape index (κ1) is 17.6. The maximum absolute atomic E-state index is 13.3. The smallest absolute Gasteiger partial charge is 0.172 e. The Bertz CT molecular complexity index is 397. The number of ether oxygens (including phenoxy) is 2. The van der Waals surface area contributed by atoms with Gasteiger partial charge >= 0.3 is 0 Å². The van der Waals surface area contributed by atoms with Crippen LogP contribution < -0.4 is 5.32 Å². The predicted octanol–water partition coefficient (Wildman–Crippen LogP) is 3.51. The summed E-state index contributed by atoms with van der Waals surface area (Å²) >= 11 is 3.22. The van der Waals surface area contributed by atoms with Crippen LogP contribution >= 0.6 is 15.9 Å². The van der Waals surface area contributed by atoms with Crippen LogP contribution in [0.25, 0.3) is 0 Å². The van der Waals surface area contributed by atoms with Crippen molar-refractivity contribution in [3.05, 3.63) is 34.1 Å². The Kier molecular flexibility index (Phi) is 8.30. The standard InChI is InChI=1S/C15H23BrFNO2/c1-4-18-14(15(19-5-2)20-6-3)10-11-7-8-13(17)12(16)9-11/h7-9,14-15,18H,4-6,10H2,1-3H3. The van der Waals surface area contributed by atoms with E-state index in [1.165, 1.54) is 6.07 Å². The molecule has 1 aromatic rings. The fraction of sp³-hybridized carbons (Fsp3) is 0.600. The van der Waals surface area contributed by atoms with Crippen molar-refractivity contribution < 1.29 is 13.9 Å². The van der Waals surface area contributed by atoms with Gasteiger partial charge in [0.1, 0.15) is 5.82 Å². The molecule has 0 aliphatic carbocycles. The van der Waals surface area contributed by atoms with Gasteiger partial charge in [0, 0.05) is 13.2 Å².